The van der Waals surface area contributed by atoms with E-state index in [1.165, 1.54) is 0 Å². The van der Waals surface area contributed by atoms with Crippen molar-refractivity contribution < 1.29 is 14.3 Å². The van der Waals surface area contributed by atoms with E-state index < -0.39 is 5.97 Å². The number of rotatable bonds is 4. The summed E-state index contributed by atoms with van der Waals surface area (Å²) in [6, 6.07) is 7.40. The Morgan fingerprint density at radius 2 is 2.00 bits per heavy atom. The van der Waals surface area contributed by atoms with Crippen LogP contribution in [0.1, 0.15) is 36.9 Å². The Kier molecular flexibility index (Phi) is 3.62. The lowest BCUT2D eigenvalue weighted by Gasteiger charge is -2.18. The predicted octanol–water partition coefficient (Wildman–Crippen LogP) is 3.27. The number of hydrogen-bond acceptors (Lipinski definition) is 3. The van der Waals surface area contributed by atoms with Gasteiger partial charge in [-0.05, 0) is 11.5 Å². The van der Waals surface area contributed by atoms with E-state index in [0.29, 0.717) is 17.7 Å². The van der Waals surface area contributed by atoms with Crippen LogP contribution in [-0.4, -0.2) is 17.6 Å². The fraction of sp³-hybridized carbons (Fsp3) is 0.400. The molecule has 2 aromatic rings. The van der Waals surface area contributed by atoms with E-state index in [1.807, 2.05) is 18.2 Å². The van der Waals surface area contributed by atoms with Crippen molar-refractivity contribution in [2.75, 3.05) is 6.54 Å². The summed E-state index contributed by atoms with van der Waals surface area (Å²) in [6.07, 6.45) is 0. The van der Waals surface area contributed by atoms with Gasteiger partial charge >= 0.3 is 5.97 Å². The van der Waals surface area contributed by atoms with Gasteiger partial charge in [-0.1, -0.05) is 39.0 Å². The van der Waals surface area contributed by atoms with Crippen molar-refractivity contribution in [1.29, 1.82) is 0 Å². The lowest BCUT2D eigenvalue weighted by molar-refractivity contribution is 0.0663. The molecule has 0 unspecified atom stereocenters. The Morgan fingerprint density at radius 1 is 1.32 bits per heavy atom. The molecule has 2 N–H and O–H groups in total. The standard InChI is InChI=1S/C15H19NO3/c1-15(2,3)9-16-8-11-10-6-4-5-7-12(10)19-13(11)14(17)18/h4-7,16H,8-9H2,1-3H3,(H,17,18). The number of nitrogens with one attached hydrogen (secondary N) is 1. The van der Waals surface area contributed by atoms with Gasteiger partial charge in [-0.3, -0.25) is 0 Å². The van der Waals surface area contributed by atoms with Gasteiger partial charge in [-0.15, -0.1) is 0 Å². The fourth-order valence-electron chi connectivity index (χ4n) is 2.01. The SMILES string of the molecule is CC(C)(C)CNCc1c(C(=O)O)oc2ccccc12. The molecule has 1 aromatic heterocycles. The number of carboxylic acids is 1. The zero-order chi connectivity index (χ0) is 14.0. The highest BCUT2D eigenvalue weighted by Gasteiger charge is 2.19. The van der Waals surface area contributed by atoms with Crippen LogP contribution in [0.2, 0.25) is 0 Å². The van der Waals surface area contributed by atoms with Crippen molar-refractivity contribution in [3.8, 4) is 0 Å². The molecule has 0 bridgehead atoms. The summed E-state index contributed by atoms with van der Waals surface area (Å²) in [5, 5.41) is 13.4. The Hall–Kier alpha value is -1.81. The molecule has 0 radical (unpaired) electrons. The van der Waals surface area contributed by atoms with E-state index in [9.17, 15) is 9.90 Å². The monoisotopic (exact) mass is 261 g/mol. The smallest absolute Gasteiger partial charge is 0.372 e. The lowest BCUT2D eigenvalue weighted by Crippen LogP contribution is -2.26. The van der Waals surface area contributed by atoms with Gasteiger partial charge in [0.25, 0.3) is 0 Å². The highest BCUT2D eigenvalue weighted by molar-refractivity contribution is 5.95. The van der Waals surface area contributed by atoms with E-state index in [-0.39, 0.29) is 11.2 Å². The largest absolute Gasteiger partial charge is 0.475 e. The van der Waals surface area contributed by atoms with Gasteiger partial charge in [0, 0.05) is 24.0 Å². The van der Waals surface area contributed by atoms with Crippen LogP contribution in [0.3, 0.4) is 0 Å². The summed E-state index contributed by atoms with van der Waals surface area (Å²) in [7, 11) is 0. The zero-order valence-electron chi connectivity index (χ0n) is 11.5. The summed E-state index contributed by atoms with van der Waals surface area (Å²) >= 11 is 0. The lowest BCUT2D eigenvalue weighted by atomic mass is 9.97. The number of aromatic carboxylic acids is 1. The molecule has 0 saturated heterocycles. The molecule has 19 heavy (non-hydrogen) atoms. The molecule has 0 fully saturated rings. The molecule has 0 saturated carbocycles. The first-order chi connectivity index (χ1) is 8.88. The normalized spacial score (nSPS) is 11.9. The maximum Gasteiger partial charge on any atom is 0.372 e. The Morgan fingerprint density at radius 3 is 2.63 bits per heavy atom. The first-order valence-corrected chi connectivity index (χ1v) is 6.33. The van der Waals surface area contributed by atoms with Gasteiger partial charge in [0.05, 0.1) is 0 Å². The number of fused-ring (bicyclic) bond motifs is 1. The van der Waals surface area contributed by atoms with E-state index in [4.69, 9.17) is 4.42 Å². The highest BCUT2D eigenvalue weighted by Crippen LogP contribution is 2.26. The molecule has 0 amide bonds. The van der Waals surface area contributed by atoms with Crippen LogP contribution >= 0.6 is 0 Å². The van der Waals surface area contributed by atoms with Crippen LogP contribution in [0.5, 0.6) is 0 Å². The van der Waals surface area contributed by atoms with Gasteiger partial charge in [-0.2, -0.15) is 0 Å². The molecule has 0 aliphatic heterocycles. The molecule has 102 valence electrons. The van der Waals surface area contributed by atoms with E-state index in [2.05, 4.69) is 26.1 Å². The van der Waals surface area contributed by atoms with Crippen molar-refractivity contribution in [3.05, 3.63) is 35.6 Å². The van der Waals surface area contributed by atoms with Crippen molar-refractivity contribution in [1.82, 2.24) is 5.32 Å². The minimum atomic E-state index is -1.02. The van der Waals surface area contributed by atoms with Crippen LogP contribution in [0.4, 0.5) is 0 Å². The van der Waals surface area contributed by atoms with Gasteiger partial charge in [-0.25, -0.2) is 4.79 Å². The third kappa shape index (κ3) is 3.15. The average Bonchev–Trinajstić information content (AvgIpc) is 2.67. The molecule has 0 aliphatic rings. The molecule has 0 atom stereocenters. The molecule has 0 spiro atoms. The fourth-order valence-corrected chi connectivity index (χ4v) is 2.01. The van der Waals surface area contributed by atoms with Crippen molar-refractivity contribution in [3.63, 3.8) is 0 Å². The number of carboxylic acid groups (broad SMARTS) is 1. The second-order valence-corrected chi connectivity index (χ2v) is 5.88. The van der Waals surface area contributed by atoms with Crippen LogP contribution in [0.25, 0.3) is 11.0 Å². The Labute approximate surface area is 112 Å². The average molecular weight is 261 g/mol. The van der Waals surface area contributed by atoms with Gasteiger partial charge in [0.15, 0.2) is 0 Å². The maximum absolute atomic E-state index is 11.2. The molecular formula is C15H19NO3. The van der Waals surface area contributed by atoms with Gasteiger partial charge in [0.2, 0.25) is 5.76 Å². The zero-order valence-corrected chi connectivity index (χ0v) is 11.5. The van der Waals surface area contributed by atoms with Crippen molar-refractivity contribution in [2.45, 2.75) is 27.3 Å². The van der Waals surface area contributed by atoms with E-state index in [0.717, 1.165) is 11.9 Å². The molecule has 4 nitrogen and oxygen atoms in total. The quantitative estimate of drug-likeness (QED) is 0.886. The maximum atomic E-state index is 11.2. The van der Waals surface area contributed by atoms with Crippen molar-refractivity contribution in [2.24, 2.45) is 5.41 Å². The number of para-hydroxylation sites is 1. The minimum absolute atomic E-state index is 0.0302. The van der Waals surface area contributed by atoms with Crippen molar-refractivity contribution >= 4 is 16.9 Å². The molecule has 4 heteroatoms. The minimum Gasteiger partial charge on any atom is -0.475 e. The van der Waals surface area contributed by atoms with E-state index >= 15 is 0 Å². The highest BCUT2D eigenvalue weighted by atomic mass is 16.4. The summed E-state index contributed by atoms with van der Waals surface area (Å²) in [4.78, 5) is 11.2. The summed E-state index contributed by atoms with van der Waals surface area (Å²) in [6.45, 7) is 7.70. The Bertz CT molecular complexity index is 593. The first-order valence-electron chi connectivity index (χ1n) is 6.33. The molecular weight excluding hydrogens is 242 g/mol. The van der Waals surface area contributed by atoms with Crippen LogP contribution in [0.15, 0.2) is 28.7 Å². The van der Waals surface area contributed by atoms with Gasteiger partial charge in [0.1, 0.15) is 5.58 Å². The van der Waals surface area contributed by atoms with Crippen LogP contribution in [0, 0.1) is 5.41 Å². The second-order valence-electron chi connectivity index (χ2n) is 5.88. The third-order valence-corrected chi connectivity index (χ3v) is 2.85. The summed E-state index contributed by atoms with van der Waals surface area (Å²) in [5.41, 5.74) is 1.49. The molecule has 1 heterocycles. The predicted molar refractivity (Wildman–Crippen MR) is 74.3 cm³/mol. The van der Waals surface area contributed by atoms with Gasteiger partial charge < -0.3 is 14.8 Å². The second kappa shape index (κ2) is 5.05. The third-order valence-electron chi connectivity index (χ3n) is 2.85. The number of carbonyl (C=O) groups is 1. The summed E-state index contributed by atoms with van der Waals surface area (Å²) < 4.78 is 5.40. The number of furan rings is 1. The van der Waals surface area contributed by atoms with Crippen LogP contribution < -0.4 is 5.32 Å². The Balaban J connectivity index is 2.29. The molecule has 2 rings (SSSR count). The first kappa shape index (κ1) is 13.6. The molecule has 0 aliphatic carbocycles. The van der Waals surface area contributed by atoms with Crippen LogP contribution in [-0.2, 0) is 6.54 Å². The number of benzene rings is 1. The van der Waals surface area contributed by atoms with E-state index in [1.54, 1.807) is 6.07 Å². The number of hydrogen-bond donors (Lipinski definition) is 2. The summed E-state index contributed by atoms with van der Waals surface area (Å²) in [5.74, 6) is -0.994. The molecule has 1 aromatic carbocycles. The topological polar surface area (TPSA) is 62.5 Å².